The van der Waals surface area contributed by atoms with E-state index in [1.54, 1.807) is 0 Å². The van der Waals surface area contributed by atoms with Crippen LogP contribution in [0.2, 0.25) is 0 Å². The molecule has 114 valence electrons. The van der Waals surface area contributed by atoms with Crippen LogP contribution >= 0.6 is 0 Å². The van der Waals surface area contributed by atoms with Gasteiger partial charge < -0.3 is 5.32 Å². The zero-order valence-electron chi connectivity index (χ0n) is 13.3. The van der Waals surface area contributed by atoms with Crippen molar-refractivity contribution in [2.75, 3.05) is 5.32 Å². The molecule has 0 atom stereocenters. The Hall–Kier alpha value is -2.87. The van der Waals surface area contributed by atoms with E-state index in [9.17, 15) is 4.79 Å². The number of hydrogen-bond donors (Lipinski definition) is 1. The van der Waals surface area contributed by atoms with Crippen molar-refractivity contribution in [3.63, 3.8) is 0 Å². The van der Waals surface area contributed by atoms with Crippen molar-refractivity contribution in [3.05, 3.63) is 78.4 Å². The molecule has 0 fully saturated rings. The lowest BCUT2D eigenvalue weighted by Gasteiger charge is -2.12. The molecule has 23 heavy (non-hydrogen) atoms. The summed E-state index contributed by atoms with van der Waals surface area (Å²) in [5, 5.41) is 2.84. The number of nitrogens with one attached hydrogen (secondary N) is 1. The van der Waals surface area contributed by atoms with Crippen LogP contribution in [0.3, 0.4) is 0 Å². The van der Waals surface area contributed by atoms with Crippen LogP contribution in [0.1, 0.15) is 12.5 Å². The number of carbonyl (C=O) groups is 1. The van der Waals surface area contributed by atoms with Crippen molar-refractivity contribution in [2.45, 2.75) is 13.8 Å². The van der Waals surface area contributed by atoms with Crippen LogP contribution in [0.4, 0.5) is 5.69 Å². The summed E-state index contributed by atoms with van der Waals surface area (Å²) in [6.07, 6.45) is 0. The molecule has 3 aromatic rings. The summed E-state index contributed by atoms with van der Waals surface area (Å²) in [5.41, 5.74) is 6.69. The second kappa shape index (κ2) is 6.49. The van der Waals surface area contributed by atoms with Gasteiger partial charge in [0, 0.05) is 12.6 Å². The average molecular weight is 301 g/mol. The van der Waals surface area contributed by atoms with E-state index >= 15 is 0 Å². The molecular weight excluding hydrogens is 282 g/mol. The topological polar surface area (TPSA) is 29.1 Å². The molecule has 0 bridgehead atoms. The fraction of sp³-hybridized carbons (Fsp3) is 0.0952. The molecule has 0 radical (unpaired) electrons. The van der Waals surface area contributed by atoms with Crippen LogP contribution in [0, 0.1) is 6.92 Å². The monoisotopic (exact) mass is 301 g/mol. The lowest BCUT2D eigenvalue weighted by Crippen LogP contribution is -2.05. The predicted molar refractivity (Wildman–Crippen MR) is 96.4 cm³/mol. The number of carbonyl (C=O) groups excluding carboxylic acids is 1. The van der Waals surface area contributed by atoms with Gasteiger partial charge in [-0.15, -0.1) is 0 Å². The van der Waals surface area contributed by atoms with E-state index in [1.807, 2.05) is 24.3 Å². The average Bonchev–Trinajstić information content (AvgIpc) is 2.55. The Kier molecular flexibility index (Phi) is 4.24. The van der Waals surface area contributed by atoms with Crippen LogP contribution in [-0.4, -0.2) is 5.91 Å². The Morgan fingerprint density at radius 3 is 2.09 bits per heavy atom. The van der Waals surface area contributed by atoms with E-state index in [0.29, 0.717) is 0 Å². The highest BCUT2D eigenvalue weighted by molar-refractivity contribution is 5.91. The quantitative estimate of drug-likeness (QED) is 0.700. The van der Waals surface area contributed by atoms with E-state index < -0.39 is 0 Å². The molecule has 0 aliphatic heterocycles. The first-order valence-electron chi connectivity index (χ1n) is 7.67. The molecule has 0 unspecified atom stereocenters. The summed E-state index contributed by atoms with van der Waals surface area (Å²) in [6.45, 7) is 3.61. The predicted octanol–water partition coefficient (Wildman–Crippen LogP) is 5.29. The van der Waals surface area contributed by atoms with Gasteiger partial charge in [0.25, 0.3) is 0 Å². The Labute approximate surface area is 136 Å². The Morgan fingerprint density at radius 2 is 1.43 bits per heavy atom. The second-order valence-electron chi connectivity index (χ2n) is 5.67. The van der Waals surface area contributed by atoms with Crippen molar-refractivity contribution < 1.29 is 4.79 Å². The molecule has 2 heteroatoms. The maximum atomic E-state index is 11.3. The summed E-state index contributed by atoms with van der Waals surface area (Å²) < 4.78 is 0. The molecule has 3 aromatic carbocycles. The summed E-state index contributed by atoms with van der Waals surface area (Å²) in [4.78, 5) is 11.3. The smallest absolute Gasteiger partial charge is 0.221 e. The van der Waals surface area contributed by atoms with Gasteiger partial charge in [-0.3, -0.25) is 4.79 Å². The molecular formula is C21H19NO. The van der Waals surface area contributed by atoms with Gasteiger partial charge in [0.2, 0.25) is 5.91 Å². The minimum atomic E-state index is -0.0611. The van der Waals surface area contributed by atoms with E-state index in [0.717, 1.165) is 16.8 Å². The molecule has 0 aliphatic carbocycles. The number of amides is 1. The van der Waals surface area contributed by atoms with Crippen LogP contribution < -0.4 is 5.32 Å². The molecule has 0 saturated carbocycles. The molecule has 1 amide bonds. The largest absolute Gasteiger partial charge is 0.326 e. The molecule has 2 nitrogen and oxygen atoms in total. The summed E-state index contributed by atoms with van der Waals surface area (Å²) >= 11 is 0. The minimum Gasteiger partial charge on any atom is -0.326 e. The standard InChI is InChI=1S/C21H19NO/c1-15-10-12-17(13-11-15)20-8-3-4-9-21(20)18-6-5-7-19(14-18)22-16(2)23/h3-14H,1-2H3,(H,22,23). The van der Waals surface area contributed by atoms with E-state index in [-0.39, 0.29) is 5.91 Å². The van der Waals surface area contributed by atoms with Crippen LogP contribution in [-0.2, 0) is 4.79 Å². The van der Waals surface area contributed by atoms with Crippen molar-refractivity contribution in [1.29, 1.82) is 0 Å². The van der Waals surface area contributed by atoms with E-state index in [4.69, 9.17) is 0 Å². The molecule has 0 saturated heterocycles. The highest BCUT2D eigenvalue weighted by Crippen LogP contribution is 2.33. The van der Waals surface area contributed by atoms with Gasteiger partial charge >= 0.3 is 0 Å². The maximum absolute atomic E-state index is 11.3. The lowest BCUT2D eigenvalue weighted by atomic mass is 9.94. The van der Waals surface area contributed by atoms with Crippen molar-refractivity contribution in [3.8, 4) is 22.3 Å². The van der Waals surface area contributed by atoms with Gasteiger partial charge in [0.15, 0.2) is 0 Å². The van der Waals surface area contributed by atoms with Gasteiger partial charge in [-0.05, 0) is 41.3 Å². The maximum Gasteiger partial charge on any atom is 0.221 e. The van der Waals surface area contributed by atoms with Gasteiger partial charge in [0.05, 0.1) is 0 Å². The molecule has 0 spiro atoms. The first kappa shape index (κ1) is 15.0. The van der Waals surface area contributed by atoms with E-state index in [2.05, 4.69) is 60.8 Å². The fourth-order valence-corrected chi connectivity index (χ4v) is 2.69. The van der Waals surface area contributed by atoms with Crippen molar-refractivity contribution in [1.82, 2.24) is 0 Å². The molecule has 1 N–H and O–H groups in total. The number of rotatable bonds is 3. The summed E-state index contributed by atoms with van der Waals surface area (Å²) in [6, 6.07) is 24.8. The lowest BCUT2D eigenvalue weighted by molar-refractivity contribution is -0.114. The van der Waals surface area contributed by atoms with Gasteiger partial charge in [-0.1, -0.05) is 66.2 Å². The van der Waals surface area contributed by atoms with Crippen molar-refractivity contribution in [2.24, 2.45) is 0 Å². The SMILES string of the molecule is CC(=O)Nc1cccc(-c2ccccc2-c2ccc(C)cc2)c1. The summed E-state index contributed by atoms with van der Waals surface area (Å²) in [5.74, 6) is -0.0611. The number of hydrogen-bond acceptors (Lipinski definition) is 1. The van der Waals surface area contributed by atoms with Crippen LogP contribution in [0.5, 0.6) is 0 Å². The zero-order valence-corrected chi connectivity index (χ0v) is 13.3. The highest BCUT2D eigenvalue weighted by Gasteiger charge is 2.07. The van der Waals surface area contributed by atoms with E-state index in [1.165, 1.54) is 23.6 Å². The third-order valence-electron chi connectivity index (χ3n) is 3.78. The minimum absolute atomic E-state index is 0.0611. The van der Waals surface area contributed by atoms with Gasteiger partial charge in [0.1, 0.15) is 0 Å². The van der Waals surface area contributed by atoms with Crippen molar-refractivity contribution >= 4 is 11.6 Å². The van der Waals surface area contributed by atoms with Gasteiger partial charge in [-0.2, -0.15) is 0 Å². The number of aryl methyl sites for hydroxylation is 1. The first-order valence-corrected chi connectivity index (χ1v) is 7.67. The Morgan fingerprint density at radius 1 is 0.783 bits per heavy atom. The second-order valence-corrected chi connectivity index (χ2v) is 5.67. The molecule has 0 aliphatic rings. The van der Waals surface area contributed by atoms with Crippen LogP contribution in [0.25, 0.3) is 22.3 Å². The Bertz CT molecular complexity index is 834. The normalized spacial score (nSPS) is 10.3. The molecule has 0 heterocycles. The number of anilines is 1. The number of benzene rings is 3. The third-order valence-corrected chi connectivity index (χ3v) is 3.78. The Balaban J connectivity index is 2.07. The highest BCUT2D eigenvalue weighted by atomic mass is 16.1. The zero-order chi connectivity index (χ0) is 16.2. The first-order chi connectivity index (χ1) is 11.1. The third kappa shape index (κ3) is 3.49. The fourth-order valence-electron chi connectivity index (χ4n) is 2.69. The molecule has 0 aromatic heterocycles. The van der Waals surface area contributed by atoms with Crippen LogP contribution in [0.15, 0.2) is 72.8 Å². The van der Waals surface area contributed by atoms with Gasteiger partial charge in [-0.25, -0.2) is 0 Å². The molecule has 3 rings (SSSR count). The summed E-state index contributed by atoms with van der Waals surface area (Å²) in [7, 11) is 0.